The van der Waals surface area contributed by atoms with Crippen molar-refractivity contribution in [2.24, 2.45) is 0 Å². The van der Waals surface area contributed by atoms with Crippen molar-refractivity contribution in [3.05, 3.63) is 94.6 Å². The Morgan fingerprint density at radius 3 is 2.17 bits per heavy atom. The lowest BCUT2D eigenvalue weighted by Crippen LogP contribution is -2.31. The van der Waals surface area contributed by atoms with Gasteiger partial charge in [0.1, 0.15) is 18.2 Å². The molecule has 3 aromatic rings. The Hall–Kier alpha value is -3.21. The number of methoxy groups -OCH3 is 2. The maximum Gasteiger partial charge on any atom is 0.218 e. The quantitative estimate of drug-likeness (QED) is 0.591. The van der Waals surface area contributed by atoms with E-state index in [4.69, 9.17) is 9.47 Å². The molecule has 0 aromatic heterocycles. The van der Waals surface area contributed by atoms with E-state index in [2.05, 4.69) is 0 Å². The van der Waals surface area contributed by atoms with E-state index in [0.29, 0.717) is 35.7 Å². The van der Waals surface area contributed by atoms with Gasteiger partial charge in [-0.25, -0.2) is 13.4 Å². The van der Waals surface area contributed by atoms with Gasteiger partial charge in [-0.3, -0.25) is 0 Å². The van der Waals surface area contributed by atoms with Crippen LogP contribution in [0.4, 0.5) is 8.78 Å². The Bertz CT molecular complexity index is 1090. The molecule has 0 atom stereocenters. The second-order valence-corrected chi connectivity index (χ2v) is 6.96. The topological polar surface area (TPSA) is 21.5 Å². The highest BCUT2D eigenvalue weighted by atomic mass is 19.1. The second kappa shape index (κ2) is 8.03. The first-order chi connectivity index (χ1) is 14.1. The molecule has 0 saturated heterocycles. The second-order valence-electron chi connectivity index (χ2n) is 6.96. The Morgan fingerprint density at radius 1 is 0.828 bits per heavy atom. The van der Waals surface area contributed by atoms with E-state index < -0.39 is 0 Å². The first kappa shape index (κ1) is 19.1. The highest BCUT2D eigenvalue weighted by Gasteiger charge is 2.31. The van der Waals surface area contributed by atoms with Crippen LogP contribution in [0.3, 0.4) is 0 Å². The summed E-state index contributed by atoms with van der Waals surface area (Å²) >= 11 is 0. The maximum atomic E-state index is 14.8. The molecule has 0 N–H and O–H groups in total. The summed E-state index contributed by atoms with van der Waals surface area (Å²) in [6, 6.07) is 17.2. The molecule has 0 spiro atoms. The largest absolute Gasteiger partial charge is 0.493 e. The minimum absolute atomic E-state index is 0.265. The van der Waals surface area contributed by atoms with E-state index in [1.807, 2.05) is 28.8 Å². The summed E-state index contributed by atoms with van der Waals surface area (Å²) in [6.45, 7) is 0.991. The van der Waals surface area contributed by atoms with Crippen LogP contribution in [0.5, 0.6) is 11.5 Å². The molecule has 29 heavy (non-hydrogen) atoms. The zero-order valence-corrected chi connectivity index (χ0v) is 16.4. The van der Waals surface area contributed by atoms with Crippen molar-refractivity contribution < 1.29 is 22.8 Å². The van der Waals surface area contributed by atoms with Crippen LogP contribution in [0.2, 0.25) is 0 Å². The van der Waals surface area contributed by atoms with Gasteiger partial charge in [-0.05, 0) is 42.0 Å². The van der Waals surface area contributed by atoms with Crippen LogP contribution in [0, 0.1) is 11.6 Å². The maximum absolute atomic E-state index is 14.8. The first-order valence-electron chi connectivity index (χ1n) is 9.48. The number of benzene rings is 3. The smallest absolute Gasteiger partial charge is 0.218 e. The summed E-state index contributed by atoms with van der Waals surface area (Å²) in [5.41, 5.74) is 3.71. The van der Waals surface area contributed by atoms with Crippen LogP contribution in [-0.2, 0) is 13.0 Å². The van der Waals surface area contributed by atoms with Crippen LogP contribution in [0.15, 0.2) is 60.7 Å². The minimum atomic E-state index is -0.316. The number of rotatable bonds is 5. The third-order valence-electron chi connectivity index (χ3n) is 5.28. The van der Waals surface area contributed by atoms with Gasteiger partial charge in [-0.15, -0.1) is 0 Å². The van der Waals surface area contributed by atoms with Gasteiger partial charge >= 0.3 is 0 Å². The fourth-order valence-corrected chi connectivity index (χ4v) is 3.84. The molecule has 3 aromatic carbocycles. The van der Waals surface area contributed by atoms with E-state index in [9.17, 15) is 8.78 Å². The monoisotopic (exact) mass is 394 g/mol. The number of nitrogens with zero attached hydrogens (tertiary/aromatic N) is 1. The van der Waals surface area contributed by atoms with Crippen molar-refractivity contribution in [3.63, 3.8) is 0 Å². The summed E-state index contributed by atoms with van der Waals surface area (Å²) in [6.07, 6.45) is 0.738. The molecule has 0 fully saturated rings. The molecular weight excluding hydrogens is 372 g/mol. The van der Waals surface area contributed by atoms with E-state index in [0.717, 1.165) is 23.3 Å². The van der Waals surface area contributed by atoms with Gasteiger partial charge in [0.05, 0.1) is 30.9 Å². The van der Waals surface area contributed by atoms with Gasteiger partial charge in [-0.1, -0.05) is 24.3 Å². The summed E-state index contributed by atoms with van der Waals surface area (Å²) < 4.78 is 42.1. The van der Waals surface area contributed by atoms with Gasteiger partial charge in [0.15, 0.2) is 18.0 Å². The molecule has 0 amide bonds. The van der Waals surface area contributed by atoms with Crippen LogP contribution in [0.1, 0.15) is 22.3 Å². The first-order valence-corrected chi connectivity index (χ1v) is 9.48. The van der Waals surface area contributed by atoms with Gasteiger partial charge in [0, 0.05) is 6.42 Å². The fraction of sp³-hybridized carbons (Fsp3) is 0.208. The van der Waals surface area contributed by atoms with Crippen molar-refractivity contribution in [2.75, 3.05) is 20.8 Å². The van der Waals surface area contributed by atoms with Crippen LogP contribution < -0.4 is 9.47 Å². The third-order valence-corrected chi connectivity index (χ3v) is 5.28. The lowest BCUT2D eigenvalue weighted by molar-refractivity contribution is -0.544. The number of hydrogen-bond acceptors (Lipinski definition) is 2. The number of halogens is 2. The standard InChI is InChI=1S/C24H22F2NO2/c1-28-22-13-16-11-12-27(15-17-7-3-5-9-20(17)25)24(19(16)14-23(22)29-2)18-8-4-6-10-21(18)26/h3-10,13-14H,11-12,15H2,1-2H3/q+1. The minimum Gasteiger partial charge on any atom is -0.493 e. The highest BCUT2D eigenvalue weighted by Crippen LogP contribution is 2.34. The average Bonchev–Trinajstić information content (AvgIpc) is 2.75. The Kier molecular flexibility index (Phi) is 5.30. The van der Waals surface area contributed by atoms with Crippen molar-refractivity contribution in [1.82, 2.24) is 0 Å². The molecule has 148 valence electrons. The number of fused-ring (bicyclic) bond motifs is 1. The van der Waals surface area contributed by atoms with Crippen molar-refractivity contribution in [1.29, 1.82) is 0 Å². The molecule has 0 bridgehead atoms. The molecule has 0 saturated carbocycles. The highest BCUT2D eigenvalue weighted by molar-refractivity contribution is 6.11. The Balaban J connectivity index is 1.94. The van der Waals surface area contributed by atoms with Gasteiger partial charge < -0.3 is 9.47 Å². The van der Waals surface area contributed by atoms with Gasteiger partial charge in [0.2, 0.25) is 5.71 Å². The Morgan fingerprint density at radius 2 is 1.48 bits per heavy atom. The average molecular weight is 394 g/mol. The molecule has 0 unspecified atom stereocenters. The summed E-state index contributed by atoms with van der Waals surface area (Å²) in [5.74, 6) is 0.636. The van der Waals surface area contributed by atoms with Crippen molar-refractivity contribution >= 4 is 5.71 Å². The molecule has 3 nitrogen and oxygen atoms in total. The van der Waals surface area contributed by atoms with E-state index in [-0.39, 0.29) is 11.6 Å². The van der Waals surface area contributed by atoms with Gasteiger partial charge in [-0.2, -0.15) is 0 Å². The normalized spacial score (nSPS) is 13.2. The summed E-state index contributed by atoms with van der Waals surface area (Å²) in [7, 11) is 3.17. The predicted molar refractivity (Wildman–Crippen MR) is 108 cm³/mol. The lowest BCUT2D eigenvalue weighted by Gasteiger charge is -2.21. The molecule has 1 heterocycles. The summed E-state index contributed by atoms with van der Waals surface area (Å²) in [5, 5.41) is 0. The van der Waals surface area contributed by atoms with Crippen LogP contribution in [-0.4, -0.2) is 31.1 Å². The fourth-order valence-electron chi connectivity index (χ4n) is 3.84. The predicted octanol–water partition coefficient (Wildman–Crippen LogP) is 4.59. The van der Waals surface area contributed by atoms with Gasteiger partial charge in [0.25, 0.3) is 0 Å². The molecule has 1 aliphatic heterocycles. The Labute approximate surface area is 168 Å². The van der Waals surface area contributed by atoms with Crippen LogP contribution >= 0.6 is 0 Å². The summed E-state index contributed by atoms with van der Waals surface area (Å²) in [4.78, 5) is 0. The lowest BCUT2D eigenvalue weighted by atomic mass is 9.91. The molecule has 5 heteroatoms. The third kappa shape index (κ3) is 3.60. The number of hydrogen-bond donors (Lipinski definition) is 0. The zero-order valence-electron chi connectivity index (χ0n) is 16.4. The SMILES string of the molecule is COc1cc2c(cc1OC)C(c1ccccc1F)=[N+](Cc1ccccc1F)CC2. The molecule has 0 aliphatic carbocycles. The van der Waals surface area contributed by atoms with E-state index in [1.54, 1.807) is 38.5 Å². The molecule has 0 radical (unpaired) electrons. The molecule has 1 aliphatic rings. The molecule has 4 rings (SSSR count). The zero-order chi connectivity index (χ0) is 20.4. The van der Waals surface area contributed by atoms with Crippen molar-refractivity contribution in [2.45, 2.75) is 13.0 Å². The van der Waals surface area contributed by atoms with E-state index >= 15 is 0 Å². The number of ether oxygens (including phenoxy) is 2. The van der Waals surface area contributed by atoms with E-state index in [1.165, 1.54) is 12.1 Å². The van der Waals surface area contributed by atoms with Crippen LogP contribution in [0.25, 0.3) is 0 Å². The van der Waals surface area contributed by atoms with Crippen molar-refractivity contribution in [3.8, 4) is 11.5 Å². The molecular formula is C24H22F2NO2+.